The van der Waals surface area contributed by atoms with Gasteiger partial charge in [-0.1, -0.05) is 170 Å². The average molecular weight is 845 g/mol. The van der Waals surface area contributed by atoms with E-state index in [1.165, 1.54) is 17.6 Å². The molecule has 0 radical (unpaired) electrons. The third kappa shape index (κ3) is 11.2. The summed E-state index contributed by atoms with van der Waals surface area (Å²) in [6.07, 6.45) is -2.69. The fourth-order valence-corrected chi connectivity index (χ4v) is 8.95. The van der Waals surface area contributed by atoms with E-state index in [1.54, 1.807) is 11.3 Å². The van der Waals surface area contributed by atoms with Crippen molar-refractivity contribution in [3.8, 4) is 0 Å². The number of hydrogen-bond acceptors (Lipinski definition) is 8. The van der Waals surface area contributed by atoms with Crippen molar-refractivity contribution in [3.63, 3.8) is 0 Å². The minimum atomic E-state index is -0.795. The zero-order valence-electron chi connectivity index (χ0n) is 34.9. The quantitative estimate of drug-likeness (QED) is 0.0751. The van der Waals surface area contributed by atoms with Crippen LogP contribution in [-0.2, 0) is 61.3 Å². The molecule has 7 aromatic rings. The topological polar surface area (TPSA) is 72.5 Å². The summed E-state index contributed by atoms with van der Waals surface area (Å²) >= 11 is 1.72. The highest BCUT2D eigenvalue weighted by Crippen LogP contribution is 2.42. The average Bonchev–Trinajstić information content (AvgIpc) is 3.88. The molecule has 0 bridgehead atoms. The van der Waals surface area contributed by atoms with Crippen LogP contribution in [0.4, 0.5) is 0 Å². The number of thiophene rings is 1. The standard InChI is InChI=1S/C54H52O7S/c1-56-54(55)45-30-29-44(46(49-28-17-31-62-49)32-39-18-7-2-8-19-39)33-47(45)50-52(59-36-42-24-13-5-14-25-42)53(60-37-43-26-15-6-16-27-43)51(58-35-41-22-11-4-12-23-41)48(61-50)38-57-34-40-20-9-3-10-21-40/h2-31,33,46,48,50-53H,32,34-38H2,1H3/t46?,48-,50+,51-,52+,53+/m1/s1. The smallest absolute Gasteiger partial charge is 0.338 e. The lowest BCUT2D eigenvalue weighted by molar-refractivity contribution is -0.275. The van der Waals surface area contributed by atoms with E-state index in [0.717, 1.165) is 34.2 Å². The SMILES string of the molecule is COC(=O)c1ccc(C(Cc2ccccc2)c2cccs2)cc1[C@@H]1O[C@H](COCc2ccccc2)[C@@H](OCc2ccccc2)[C@H](OCc2ccccc2)[C@H]1OCc1ccccc1. The number of hydrogen-bond donors (Lipinski definition) is 0. The first-order valence-electron chi connectivity index (χ1n) is 21.2. The number of carbonyl (C=O) groups is 1. The maximum atomic E-state index is 13.9. The van der Waals surface area contributed by atoms with Gasteiger partial charge in [-0.25, -0.2) is 4.79 Å². The first-order valence-corrected chi connectivity index (χ1v) is 22.0. The molecule has 0 amide bonds. The van der Waals surface area contributed by atoms with E-state index in [1.807, 2.05) is 140 Å². The Hall–Kier alpha value is -5.71. The normalized spacial score (nSPS) is 19.1. The number of ether oxygens (including phenoxy) is 6. The lowest BCUT2D eigenvalue weighted by Crippen LogP contribution is -2.58. The van der Waals surface area contributed by atoms with E-state index in [2.05, 4.69) is 47.8 Å². The van der Waals surface area contributed by atoms with Crippen LogP contribution in [0.3, 0.4) is 0 Å². The highest BCUT2D eigenvalue weighted by Gasteiger charge is 2.50. The Kier molecular flexibility index (Phi) is 15.2. The summed E-state index contributed by atoms with van der Waals surface area (Å²) < 4.78 is 40.3. The highest BCUT2D eigenvalue weighted by atomic mass is 32.1. The van der Waals surface area contributed by atoms with Crippen molar-refractivity contribution in [3.05, 3.63) is 237 Å². The minimum absolute atomic E-state index is 0.00668. The Morgan fingerprint density at radius 3 is 1.58 bits per heavy atom. The van der Waals surface area contributed by atoms with Crippen LogP contribution in [0.5, 0.6) is 0 Å². The molecule has 0 N–H and O–H groups in total. The molecule has 1 unspecified atom stereocenters. The van der Waals surface area contributed by atoms with E-state index in [9.17, 15) is 4.79 Å². The van der Waals surface area contributed by atoms with Crippen molar-refractivity contribution >= 4 is 17.3 Å². The molecule has 0 spiro atoms. The lowest BCUT2D eigenvalue weighted by atomic mass is 9.84. The van der Waals surface area contributed by atoms with Crippen LogP contribution in [0.15, 0.2) is 187 Å². The van der Waals surface area contributed by atoms with Gasteiger partial charge < -0.3 is 28.4 Å². The van der Waals surface area contributed by atoms with E-state index in [4.69, 9.17) is 28.4 Å². The molecule has 0 saturated carbocycles. The van der Waals surface area contributed by atoms with Crippen molar-refractivity contribution in [2.45, 2.75) is 69.3 Å². The maximum Gasteiger partial charge on any atom is 0.338 e. The Morgan fingerprint density at radius 1 is 0.565 bits per heavy atom. The van der Waals surface area contributed by atoms with Crippen molar-refractivity contribution in [1.29, 1.82) is 0 Å². The van der Waals surface area contributed by atoms with Crippen LogP contribution < -0.4 is 0 Å². The summed E-state index contributed by atoms with van der Waals surface area (Å²) in [5.74, 6) is -0.457. The lowest BCUT2D eigenvalue weighted by Gasteiger charge is -2.47. The molecule has 0 aliphatic carbocycles. The van der Waals surface area contributed by atoms with E-state index >= 15 is 0 Å². The van der Waals surface area contributed by atoms with Gasteiger partial charge in [0.1, 0.15) is 30.5 Å². The largest absolute Gasteiger partial charge is 0.465 e. The zero-order valence-corrected chi connectivity index (χ0v) is 35.7. The number of benzene rings is 6. The molecule has 8 heteroatoms. The summed E-state index contributed by atoms with van der Waals surface area (Å²) in [6.45, 7) is 1.46. The van der Waals surface area contributed by atoms with Crippen molar-refractivity contribution in [1.82, 2.24) is 0 Å². The van der Waals surface area contributed by atoms with Crippen molar-refractivity contribution < 1.29 is 33.2 Å². The molecular formula is C54H52O7S. The molecule has 1 aliphatic rings. The number of esters is 1. The van der Waals surface area contributed by atoms with Gasteiger partial charge in [0.2, 0.25) is 0 Å². The molecule has 6 atom stereocenters. The second kappa shape index (κ2) is 21.9. The van der Waals surface area contributed by atoms with Gasteiger partial charge in [0.05, 0.1) is 45.7 Å². The van der Waals surface area contributed by atoms with Crippen molar-refractivity contribution in [2.24, 2.45) is 0 Å². The summed E-state index contributed by atoms with van der Waals surface area (Å²) in [7, 11) is 1.41. The molecule has 6 aromatic carbocycles. The monoisotopic (exact) mass is 844 g/mol. The summed E-state index contributed by atoms with van der Waals surface area (Å²) in [6, 6.07) is 61.1. The molecule has 316 valence electrons. The maximum absolute atomic E-state index is 13.9. The van der Waals surface area contributed by atoms with Crippen LogP contribution in [0.2, 0.25) is 0 Å². The predicted octanol–water partition coefficient (Wildman–Crippen LogP) is 11.3. The summed E-state index contributed by atoms with van der Waals surface area (Å²) in [5, 5.41) is 2.11. The van der Waals surface area contributed by atoms with E-state index in [-0.39, 0.29) is 19.1 Å². The third-order valence-corrected chi connectivity index (χ3v) is 12.2. The summed E-state index contributed by atoms with van der Waals surface area (Å²) in [5.41, 5.74) is 7.37. The van der Waals surface area contributed by atoms with Crippen LogP contribution in [-0.4, -0.2) is 44.1 Å². The molecular weight excluding hydrogens is 793 g/mol. The van der Waals surface area contributed by atoms with Crippen molar-refractivity contribution in [2.75, 3.05) is 13.7 Å². The van der Waals surface area contributed by atoms with E-state index < -0.39 is 36.5 Å². The number of methoxy groups -OCH3 is 1. The van der Waals surface area contributed by atoms with Crippen LogP contribution >= 0.6 is 11.3 Å². The Balaban J connectivity index is 1.24. The Morgan fingerprint density at radius 2 is 1.06 bits per heavy atom. The Labute approximate surface area is 368 Å². The predicted molar refractivity (Wildman–Crippen MR) is 243 cm³/mol. The molecule has 7 nitrogen and oxygen atoms in total. The second-order valence-corrected chi connectivity index (χ2v) is 16.5. The highest BCUT2D eigenvalue weighted by molar-refractivity contribution is 7.10. The molecule has 2 heterocycles. The minimum Gasteiger partial charge on any atom is -0.465 e. The number of rotatable bonds is 19. The number of carbonyl (C=O) groups excluding carboxylic acids is 1. The van der Waals surface area contributed by atoms with Gasteiger partial charge in [-0.05, 0) is 62.9 Å². The van der Waals surface area contributed by atoms with Gasteiger partial charge in [0.15, 0.2) is 0 Å². The first-order chi connectivity index (χ1) is 30.6. The summed E-state index contributed by atoms with van der Waals surface area (Å²) in [4.78, 5) is 15.1. The van der Waals surface area contributed by atoms with Crippen LogP contribution in [0, 0.1) is 0 Å². The van der Waals surface area contributed by atoms with E-state index in [0.29, 0.717) is 30.9 Å². The third-order valence-electron chi connectivity index (χ3n) is 11.2. The van der Waals surface area contributed by atoms with Gasteiger partial charge in [0, 0.05) is 10.8 Å². The van der Waals surface area contributed by atoms with Gasteiger partial charge in [-0.15, -0.1) is 11.3 Å². The first kappa shape index (κ1) is 43.0. The molecule has 8 rings (SSSR count). The zero-order chi connectivity index (χ0) is 42.4. The van der Waals surface area contributed by atoms with Gasteiger partial charge in [-0.2, -0.15) is 0 Å². The fraction of sp³-hybridized carbons (Fsp3) is 0.241. The molecule has 1 aliphatic heterocycles. The second-order valence-electron chi connectivity index (χ2n) is 15.5. The van der Waals surface area contributed by atoms with Crippen LogP contribution in [0.25, 0.3) is 0 Å². The fourth-order valence-electron chi connectivity index (χ4n) is 8.09. The molecule has 1 saturated heterocycles. The molecule has 1 aromatic heterocycles. The van der Waals surface area contributed by atoms with Crippen LogP contribution in [0.1, 0.15) is 66.2 Å². The van der Waals surface area contributed by atoms with Gasteiger partial charge in [-0.3, -0.25) is 0 Å². The molecule has 1 fully saturated rings. The molecule has 62 heavy (non-hydrogen) atoms. The van der Waals surface area contributed by atoms with Gasteiger partial charge >= 0.3 is 5.97 Å². The van der Waals surface area contributed by atoms with Gasteiger partial charge in [0.25, 0.3) is 0 Å². The Bertz CT molecular complexity index is 2380.